The van der Waals surface area contributed by atoms with Crippen LogP contribution < -0.4 is 9.47 Å². The Kier molecular flexibility index (Phi) is 7.52. The van der Waals surface area contributed by atoms with Gasteiger partial charge in [0, 0.05) is 12.7 Å². The van der Waals surface area contributed by atoms with Gasteiger partial charge in [-0.1, -0.05) is 48.5 Å². The van der Waals surface area contributed by atoms with E-state index >= 15 is 0 Å². The summed E-state index contributed by atoms with van der Waals surface area (Å²) in [5, 5.41) is 0. The lowest BCUT2D eigenvalue weighted by Gasteiger charge is -2.07. The molecule has 0 atom stereocenters. The molecule has 0 heterocycles. The van der Waals surface area contributed by atoms with Gasteiger partial charge in [-0.2, -0.15) is 0 Å². The largest absolute Gasteiger partial charge is 0.491 e. The zero-order valence-electron chi connectivity index (χ0n) is 16.6. The first kappa shape index (κ1) is 21.0. The van der Waals surface area contributed by atoms with Crippen molar-refractivity contribution < 1.29 is 23.8 Å². The van der Waals surface area contributed by atoms with E-state index in [0.717, 1.165) is 5.56 Å². The summed E-state index contributed by atoms with van der Waals surface area (Å²) >= 11 is 0. The van der Waals surface area contributed by atoms with E-state index in [1.54, 1.807) is 73.8 Å². The molecule has 0 aromatic heterocycles. The summed E-state index contributed by atoms with van der Waals surface area (Å²) < 4.78 is 15.8. The summed E-state index contributed by atoms with van der Waals surface area (Å²) in [6, 6.07) is 22.7. The second-order valence-electron chi connectivity index (χ2n) is 6.39. The van der Waals surface area contributed by atoms with Crippen molar-refractivity contribution in [2.24, 2.45) is 0 Å². The summed E-state index contributed by atoms with van der Waals surface area (Å²) in [6.07, 6.45) is 3.25. The number of rotatable bonds is 9. The van der Waals surface area contributed by atoms with Crippen LogP contribution in [-0.4, -0.2) is 32.1 Å². The molecule has 5 nitrogen and oxygen atoms in total. The minimum absolute atomic E-state index is 0.0687. The number of benzene rings is 3. The molecular weight excluding hydrogens is 380 g/mol. The molecule has 5 heteroatoms. The van der Waals surface area contributed by atoms with Crippen LogP contribution in [0.2, 0.25) is 0 Å². The standard InChI is InChI=1S/C25H22O5/c1-28-17-18-29-22-14-10-21(11-15-22)25(27)30-23-12-7-19(8-13-23)9-16-24(26)20-5-3-2-4-6-20/h2-16H,17-18H2,1H3. The maximum Gasteiger partial charge on any atom is 0.343 e. The predicted octanol–water partition coefficient (Wildman–Crippen LogP) is 4.83. The van der Waals surface area contributed by atoms with Gasteiger partial charge < -0.3 is 14.2 Å². The van der Waals surface area contributed by atoms with E-state index in [-0.39, 0.29) is 5.78 Å². The average molecular weight is 402 g/mol. The normalized spacial score (nSPS) is 10.7. The number of ether oxygens (including phenoxy) is 3. The Bertz CT molecular complexity index is 990. The lowest BCUT2D eigenvalue weighted by Crippen LogP contribution is -2.09. The van der Waals surface area contributed by atoms with Crippen molar-refractivity contribution in [1.82, 2.24) is 0 Å². The first-order valence-corrected chi connectivity index (χ1v) is 9.47. The van der Waals surface area contributed by atoms with Gasteiger partial charge in [-0.15, -0.1) is 0 Å². The third-order valence-electron chi connectivity index (χ3n) is 4.22. The highest BCUT2D eigenvalue weighted by molar-refractivity contribution is 6.06. The van der Waals surface area contributed by atoms with E-state index in [1.807, 2.05) is 18.2 Å². The van der Waals surface area contributed by atoms with Crippen LogP contribution in [0.5, 0.6) is 11.5 Å². The fraction of sp³-hybridized carbons (Fsp3) is 0.120. The SMILES string of the molecule is COCCOc1ccc(C(=O)Oc2ccc(C=CC(=O)c3ccccc3)cc2)cc1. The van der Waals surface area contributed by atoms with Gasteiger partial charge in [0.15, 0.2) is 5.78 Å². The topological polar surface area (TPSA) is 61.8 Å². The van der Waals surface area contributed by atoms with Crippen molar-refractivity contribution in [2.45, 2.75) is 0 Å². The lowest BCUT2D eigenvalue weighted by atomic mass is 10.1. The quantitative estimate of drug-likeness (QED) is 0.169. The van der Waals surface area contributed by atoms with Gasteiger partial charge >= 0.3 is 5.97 Å². The van der Waals surface area contributed by atoms with Crippen molar-refractivity contribution in [1.29, 1.82) is 0 Å². The highest BCUT2D eigenvalue weighted by atomic mass is 16.5. The highest BCUT2D eigenvalue weighted by Gasteiger charge is 2.09. The summed E-state index contributed by atoms with van der Waals surface area (Å²) in [6.45, 7) is 0.938. The van der Waals surface area contributed by atoms with Crippen molar-refractivity contribution in [3.8, 4) is 11.5 Å². The molecule has 0 bridgehead atoms. The zero-order chi connectivity index (χ0) is 21.2. The summed E-state index contributed by atoms with van der Waals surface area (Å²) in [4.78, 5) is 24.4. The minimum Gasteiger partial charge on any atom is -0.491 e. The van der Waals surface area contributed by atoms with Crippen LogP contribution in [0, 0.1) is 0 Å². The third kappa shape index (κ3) is 6.15. The summed E-state index contributed by atoms with van der Waals surface area (Å²) in [5.74, 6) is 0.554. The Labute approximate surface area is 175 Å². The molecule has 0 unspecified atom stereocenters. The molecule has 152 valence electrons. The summed E-state index contributed by atoms with van der Waals surface area (Å²) in [5.41, 5.74) is 1.89. The minimum atomic E-state index is -0.457. The fourth-order valence-electron chi connectivity index (χ4n) is 2.61. The smallest absolute Gasteiger partial charge is 0.343 e. The maximum atomic E-state index is 12.3. The van der Waals surface area contributed by atoms with Crippen molar-refractivity contribution in [3.05, 3.63) is 102 Å². The molecule has 0 saturated carbocycles. The van der Waals surface area contributed by atoms with Crippen LogP contribution >= 0.6 is 0 Å². The fourth-order valence-corrected chi connectivity index (χ4v) is 2.61. The van der Waals surface area contributed by atoms with Gasteiger partial charge in [0.25, 0.3) is 0 Å². The van der Waals surface area contributed by atoms with E-state index < -0.39 is 5.97 Å². The molecule has 0 aliphatic carbocycles. The number of ketones is 1. The van der Waals surface area contributed by atoms with Gasteiger partial charge in [0.05, 0.1) is 12.2 Å². The van der Waals surface area contributed by atoms with Gasteiger partial charge in [-0.3, -0.25) is 4.79 Å². The number of carbonyl (C=O) groups is 2. The Morgan fingerprint density at radius 1 is 0.767 bits per heavy atom. The van der Waals surface area contributed by atoms with Crippen LogP contribution in [0.1, 0.15) is 26.3 Å². The molecule has 0 aliphatic rings. The van der Waals surface area contributed by atoms with Crippen molar-refractivity contribution >= 4 is 17.8 Å². The molecule has 0 aliphatic heterocycles. The Morgan fingerprint density at radius 2 is 1.43 bits per heavy atom. The van der Waals surface area contributed by atoms with Gasteiger partial charge in [-0.25, -0.2) is 4.79 Å². The molecule has 0 N–H and O–H groups in total. The van der Waals surface area contributed by atoms with Crippen molar-refractivity contribution in [2.75, 3.05) is 20.3 Å². The predicted molar refractivity (Wildman–Crippen MR) is 115 cm³/mol. The Morgan fingerprint density at radius 3 is 2.10 bits per heavy atom. The van der Waals surface area contributed by atoms with Crippen LogP contribution in [0.15, 0.2) is 84.9 Å². The molecule has 3 aromatic carbocycles. The van der Waals surface area contributed by atoms with Crippen LogP contribution in [0.4, 0.5) is 0 Å². The molecule has 3 rings (SSSR count). The van der Waals surface area contributed by atoms with Crippen molar-refractivity contribution in [3.63, 3.8) is 0 Å². The molecule has 0 spiro atoms. The molecule has 0 amide bonds. The molecule has 0 radical (unpaired) electrons. The Hall–Kier alpha value is -3.70. The monoisotopic (exact) mass is 402 g/mol. The first-order valence-electron chi connectivity index (χ1n) is 9.47. The van der Waals surface area contributed by atoms with Crippen LogP contribution in [0.3, 0.4) is 0 Å². The molecular formula is C25H22O5. The van der Waals surface area contributed by atoms with E-state index in [1.165, 1.54) is 6.08 Å². The van der Waals surface area contributed by atoms with Gasteiger partial charge in [0.1, 0.15) is 18.1 Å². The maximum absolute atomic E-state index is 12.3. The molecule has 30 heavy (non-hydrogen) atoms. The Balaban J connectivity index is 1.55. The number of esters is 1. The molecule has 0 fully saturated rings. The van der Waals surface area contributed by atoms with Crippen LogP contribution in [-0.2, 0) is 4.74 Å². The van der Waals surface area contributed by atoms with Crippen LogP contribution in [0.25, 0.3) is 6.08 Å². The van der Waals surface area contributed by atoms with E-state index in [4.69, 9.17) is 14.2 Å². The van der Waals surface area contributed by atoms with Gasteiger partial charge in [0.2, 0.25) is 0 Å². The van der Waals surface area contributed by atoms with E-state index in [0.29, 0.717) is 35.8 Å². The second kappa shape index (κ2) is 10.7. The third-order valence-corrected chi connectivity index (χ3v) is 4.22. The zero-order valence-corrected chi connectivity index (χ0v) is 16.6. The molecule has 0 saturated heterocycles. The number of hydrogen-bond acceptors (Lipinski definition) is 5. The number of allylic oxidation sites excluding steroid dienone is 1. The number of carbonyl (C=O) groups excluding carboxylic acids is 2. The molecule has 3 aromatic rings. The summed E-state index contributed by atoms with van der Waals surface area (Å²) in [7, 11) is 1.61. The number of methoxy groups -OCH3 is 1. The average Bonchev–Trinajstić information content (AvgIpc) is 2.79. The van der Waals surface area contributed by atoms with Gasteiger partial charge in [-0.05, 0) is 48.0 Å². The lowest BCUT2D eigenvalue weighted by molar-refractivity contribution is 0.0734. The van der Waals surface area contributed by atoms with E-state index in [9.17, 15) is 9.59 Å². The first-order chi connectivity index (χ1) is 14.7. The second-order valence-corrected chi connectivity index (χ2v) is 6.39. The number of hydrogen-bond donors (Lipinski definition) is 0. The highest BCUT2D eigenvalue weighted by Crippen LogP contribution is 2.17. The van der Waals surface area contributed by atoms with E-state index in [2.05, 4.69) is 0 Å².